The van der Waals surface area contributed by atoms with Crippen LogP contribution in [-0.2, 0) is 9.53 Å². The van der Waals surface area contributed by atoms with Crippen molar-refractivity contribution in [3.63, 3.8) is 0 Å². The Morgan fingerprint density at radius 1 is 1.18 bits per heavy atom. The van der Waals surface area contributed by atoms with Gasteiger partial charge in [0.2, 0.25) is 0 Å². The molecule has 1 atom stereocenters. The van der Waals surface area contributed by atoms with Gasteiger partial charge in [-0.25, -0.2) is 9.78 Å². The molecule has 0 aliphatic heterocycles. The molecule has 0 saturated heterocycles. The average molecular weight is 316 g/mol. The van der Waals surface area contributed by atoms with E-state index in [0.717, 1.165) is 4.90 Å². The molecule has 1 heterocycles. The quantitative estimate of drug-likeness (QED) is 0.678. The summed E-state index contributed by atoms with van der Waals surface area (Å²) in [6, 6.07) is 12.4. The minimum atomic E-state index is -0.913. The van der Waals surface area contributed by atoms with Crippen molar-refractivity contribution in [2.75, 3.05) is 11.6 Å². The van der Waals surface area contributed by atoms with Crippen LogP contribution in [0, 0.1) is 0 Å². The summed E-state index contributed by atoms with van der Waals surface area (Å²) in [5.74, 6) is -1.01. The Morgan fingerprint density at radius 3 is 2.59 bits per heavy atom. The Kier molecular flexibility index (Phi) is 5.55. The minimum absolute atomic E-state index is 0.173. The van der Waals surface area contributed by atoms with Gasteiger partial charge in [0.1, 0.15) is 5.69 Å². The number of para-hydroxylation sites is 1. The third-order valence-electron chi connectivity index (χ3n) is 2.89. The van der Waals surface area contributed by atoms with E-state index in [1.165, 1.54) is 30.9 Å². The highest BCUT2D eigenvalue weighted by atomic mass is 32.2. The molecule has 1 N–H and O–H groups in total. The van der Waals surface area contributed by atoms with Gasteiger partial charge in [-0.2, -0.15) is 0 Å². The van der Waals surface area contributed by atoms with Crippen LogP contribution < -0.4 is 5.32 Å². The molecule has 0 radical (unpaired) electrons. The largest absolute Gasteiger partial charge is 0.448 e. The van der Waals surface area contributed by atoms with Crippen molar-refractivity contribution in [3.05, 3.63) is 54.4 Å². The number of pyridine rings is 1. The van der Waals surface area contributed by atoms with Crippen molar-refractivity contribution in [2.45, 2.75) is 17.9 Å². The van der Waals surface area contributed by atoms with E-state index in [2.05, 4.69) is 10.3 Å². The summed E-state index contributed by atoms with van der Waals surface area (Å²) in [5.41, 5.74) is 0.868. The van der Waals surface area contributed by atoms with E-state index in [-0.39, 0.29) is 11.6 Å². The lowest BCUT2D eigenvalue weighted by atomic mass is 10.3. The van der Waals surface area contributed by atoms with Crippen LogP contribution in [0.1, 0.15) is 17.4 Å². The fraction of sp³-hybridized carbons (Fsp3) is 0.188. The number of rotatable bonds is 5. The lowest BCUT2D eigenvalue weighted by molar-refractivity contribution is -0.123. The van der Waals surface area contributed by atoms with Gasteiger partial charge < -0.3 is 10.1 Å². The van der Waals surface area contributed by atoms with E-state index in [1.54, 1.807) is 18.2 Å². The molecule has 0 spiro atoms. The Hall–Kier alpha value is -2.34. The van der Waals surface area contributed by atoms with Crippen molar-refractivity contribution < 1.29 is 14.3 Å². The molecule has 114 valence electrons. The van der Waals surface area contributed by atoms with Gasteiger partial charge in [-0.05, 0) is 37.4 Å². The number of amides is 1. The van der Waals surface area contributed by atoms with Gasteiger partial charge in [0, 0.05) is 11.1 Å². The van der Waals surface area contributed by atoms with Gasteiger partial charge in [0.15, 0.2) is 6.10 Å². The maximum atomic E-state index is 12.1. The predicted octanol–water partition coefficient (Wildman–Crippen LogP) is 2.99. The number of carbonyl (C=O) groups is 2. The van der Waals surface area contributed by atoms with Crippen molar-refractivity contribution in [1.82, 2.24) is 4.98 Å². The monoisotopic (exact) mass is 316 g/mol. The van der Waals surface area contributed by atoms with E-state index in [4.69, 9.17) is 4.74 Å². The van der Waals surface area contributed by atoms with E-state index < -0.39 is 12.1 Å². The summed E-state index contributed by atoms with van der Waals surface area (Å²) in [7, 11) is 0. The number of ether oxygens (including phenoxy) is 1. The summed E-state index contributed by atoms with van der Waals surface area (Å²) in [6.07, 6.45) is 2.51. The van der Waals surface area contributed by atoms with Crippen molar-refractivity contribution in [2.24, 2.45) is 0 Å². The van der Waals surface area contributed by atoms with E-state index in [1.807, 2.05) is 24.5 Å². The van der Waals surface area contributed by atoms with Crippen molar-refractivity contribution in [1.29, 1.82) is 0 Å². The van der Waals surface area contributed by atoms with E-state index in [0.29, 0.717) is 5.69 Å². The SMILES string of the molecule is CSc1ccccc1NC(=O)[C@@H](C)OC(=O)c1ccccn1. The molecule has 0 aliphatic rings. The lowest BCUT2D eigenvalue weighted by Crippen LogP contribution is -2.30. The second-order valence-electron chi connectivity index (χ2n) is 4.45. The Bertz CT molecular complexity index is 661. The van der Waals surface area contributed by atoms with Crippen molar-refractivity contribution in [3.8, 4) is 0 Å². The van der Waals surface area contributed by atoms with Gasteiger partial charge in [-0.15, -0.1) is 11.8 Å². The average Bonchev–Trinajstić information content (AvgIpc) is 2.56. The number of aromatic nitrogens is 1. The van der Waals surface area contributed by atoms with Gasteiger partial charge in [-0.3, -0.25) is 4.79 Å². The van der Waals surface area contributed by atoms with E-state index >= 15 is 0 Å². The molecule has 0 saturated carbocycles. The summed E-state index contributed by atoms with van der Waals surface area (Å²) in [6.45, 7) is 1.53. The summed E-state index contributed by atoms with van der Waals surface area (Å²) >= 11 is 1.53. The lowest BCUT2D eigenvalue weighted by Gasteiger charge is -2.14. The Labute approximate surface area is 133 Å². The highest BCUT2D eigenvalue weighted by Gasteiger charge is 2.20. The standard InChI is InChI=1S/C16H16N2O3S/c1-11(21-16(20)13-8-5-6-10-17-13)15(19)18-12-7-3-4-9-14(12)22-2/h3-11H,1-2H3,(H,18,19)/t11-/m1/s1. The number of esters is 1. The molecule has 0 fully saturated rings. The summed E-state index contributed by atoms with van der Waals surface area (Å²) in [5, 5.41) is 2.76. The third kappa shape index (κ3) is 4.08. The summed E-state index contributed by atoms with van der Waals surface area (Å²) in [4.78, 5) is 28.8. The Morgan fingerprint density at radius 2 is 1.91 bits per heavy atom. The molecule has 2 rings (SSSR count). The number of hydrogen-bond acceptors (Lipinski definition) is 5. The number of benzene rings is 1. The van der Waals surface area contributed by atoms with Crippen molar-refractivity contribution >= 4 is 29.3 Å². The van der Waals surface area contributed by atoms with Crippen LogP contribution in [-0.4, -0.2) is 29.2 Å². The first-order valence-electron chi connectivity index (χ1n) is 6.67. The van der Waals surface area contributed by atoms with Gasteiger partial charge in [-0.1, -0.05) is 18.2 Å². The first kappa shape index (κ1) is 16.0. The fourth-order valence-electron chi connectivity index (χ4n) is 1.74. The zero-order valence-electron chi connectivity index (χ0n) is 12.3. The van der Waals surface area contributed by atoms with Crippen LogP contribution in [0.15, 0.2) is 53.6 Å². The van der Waals surface area contributed by atoms with Crippen LogP contribution >= 0.6 is 11.8 Å². The molecule has 0 bridgehead atoms. The second kappa shape index (κ2) is 7.61. The Balaban J connectivity index is 1.99. The molecule has 22 heavy (non-hydrogen) atoms. The molecule has 0 unspecified atom stereocenters. The van der Waals surface area contributed by atoms with Crippen LogP contribution in [0.5, 0.6) is 0 Å². The highest BCUT2D eigenvalue weighted by Crippen LogP contribution is 2.24. The normalized spacial score (nSPS) is 11.5. The number of nitrogens with zero attached hydrogens (tertiary/aromatic N) is 1. The van der Waals surface area contributed by atoms with E-state index in [9.17, 15) is 9.59 Å². The zero-order valence-corrected chi connectivity index (χ0v) is 13.1. The molecule has 1 aromatic heterocycles. The van der Waals surface area contributed by atoms with Gasteiger partial charge >= 0.3 is 5.97 Å². The van der Waals surface area contributed by atoms with Crippen LogP contribution in [0.25, 0.3) is 0 Å². The molecule has 2 aromatic rings. The first-order valence-corrected chi connectivity index (χ1v) is 7.90. The fourth-order valence-corrected chi connectivity index (χ4v) is 2.29. The molecule has 6 heteroatoms. The van der Waals surface area contributed by atoms with Crippen LogP contribution in [0.2, 0.25) is 0 Å². The number of anilines is 1. The predicted molar refractivity (Wildman–Crippen MR) is 86.0 cm³/mol. The number of hydrogen-bond donors (Lipinski definition) is 1. The van der Waals surface area contributed by atoms with Crippen LogP contribution in [0.3, 0.4) is 0 Å². The molecule has 1 aromatic carbocycles. The molecular weight excluding hydrogens is 300 g/mol. The highest BCUT2D eigenvalue weighted by molar-refractivity contribution is 7.98. The smallest absolute Gasteiger partial charge is 0.357 e. The summed E-state index contributed by atoms with van der Waals surface area (Å²) < 4.78 is 5.12. The maximum absolute atomic E-state index is 12.1. The van der Waals surface area contributed by atoms with Gasteiger partial charge in [0.25, 0.3) is 5.91 Å². The second-order valence-corrected chi connectivity index (χ2v) is 5.30. The third-order valence-corrected chi connectivity index (χ3v) is 3.69. The number of thioether (sulfide) groups is 1. The number of carbonyl (C=O) groups excluding carboxylic acids is 2. The topological polar surface area (TPSA) is 68.3 Å². The molecule has 1 amide bonds. The minimum Gasteiger partial charge on any atom is -0.448 e. The first-order chi connectivity index (χ1) is 10.6. The molecular formula is C16H16N2O3S. The maximum Gasteiger partial charge on any atom is 0.357 e. The molecule has 0 aliphatic carbocycles. The number of nitrogens with one attached hydrogen (secondary N) is 1. The zero-order chi connectivity index (χ0) is 15.9. The molecule has 5 nitrogen and oxygen atoms in total. The van der Waals surface area contributed by atoms with Gasteiger partial charge in [0.05, 0.1) is 5.69 Å². The van der Waals surface area contributed by atoms with Crippen LogP contribution in [0.4, 0.5) is 5.69 Å².